The van der Waals surface area contributed by atoms with E-state index in [9.17, 15) is 4.57 Å². The van der Waals surface area contributed by atoms with E-state index >= 15 is 0 Å². The highest BCUT2D eigenvalue weighted by Gasteiger charge is 2.47. The summed E-state index contributed by atoms with van der Waals surface area (Å²) in [6.07, 6.45) is -0.694. The molecule has 0 aromatic rings. The van der Waals surface area contributed by atoms with Crippen molar-refractivity contribution in [2.24, 2.45) is 11.7 Å². The van der Waals surface area contributed by atoms with Crippen molar-refractivity contribution in [3.63, 3.8) is 0 Å². The molecule has 0 aromatic carbocycles. The molecule has 0 aliphatic carbocycles. The van der Waals surface area contributed by atoms with Crippen LogP contribution in [0.5, 0.6) is 0 Å². The van der Waals surface area contributed by atoms with Gasteiger partial charge in [-0.3, -0.25) is 4.57 Å². The Morgan fingerprint density at radius 1 is 1.38 bits per heavy atom. The smallest absolute Gasteiger partial charge is 0.345 e. The highest BCUT2D eigenvalue weighted by atomic mass is 31.2. The first-order chi connectivity index (χ1) is 5.61. The van der Waals surface area contributed by atoms with Crippen LogP contribution in [0.25, 0.3) is 0 Å². The molecule has 0 aliphatic rings. The summed E-state index contributed by atoms with van der Waals surface area (Å²) >= 11 is 0. The maximum atomic E-state index is 11.1. The van der Waals surface area contributed by atoms with Crippen LogP contribution in [0.4, 0.5) is 0 Å². The van der Waals surface area contributed by atoms with Crippen LogP contribution in [0.15, 0.2) is 0 Å². The summed E-state index contributed by atoms with van der Waals surface area (Å²) in [6, 6.07) is 0. The molecule has 13 heavy (non-hydrogen) atoms. The van der Waals surface area contributed by atoms with Gasteiger partial charge in [-0.2, -0.15) is 0 Å². The van der Waals surface area contributed by atoms with E-state index in [1.165, 1.54) is 13.8 Å². The van der Waals surface area contributed by atoms with Gasteiger partial charge in [0.05, 0.1) is 0 Å². The minimum atomic E-state index is -4.30. The lowest BCUT2D eigenvalue weighted by atomic mass is 10.1. The van der Waals surface area contributed by atoms with Gasteiger partial charge in [0.2, 0.25) is 0 Å². The van der Waals surface area contributed by atoms with Crippen LogP contribution in [-0.4, -0.2) is 21.4 Å². The van der Waals surface area contributed by atoms with Gasteiger partial charge in [-0.05, 0) is 19.8 Å². The monoisotopic (exact) mass is 211 g/mol. The molecule has 0 bridgehead atoms. The lowest BCUT2D eigenvalue weighted by molar-refractivity contribution is -0.0588. The third-order valence-corrected chi connectivity index (χ3v) is 3.85. The maximum Gasteiger partial charge on any atom is 0.357 e. The lowest BCUT2D eigenvalue weighted by Crippen LogP contribution is -2.40. The Bertz CT molecular complexity index is 213. The molecule has 0 amide bonds. The Labute approximate surface area is 78.4 Å². The molecule has 5 nitrogen and oxygen atoms in total. The van der Waals surface area contributed by atoms with Crippen molar-refractivity contribution in [1.82, 2.24) is 0 Å². The zero-order valence-electron chi connectivity index (χ0n) is 8.39. The van der Waals surface area contributed by atoms with E-state index in [1.54, 1.807) is 13.8 Å². The fourth-order valence-electron chi connectivity index (χ4n) is 0.917. The third-order valence-electron chi connectivity index (χ3n) is 2.07. The highest BCUT2D eigenvalue weighted by Crippen LogP contribution is 2.55. The van der Waals surface area contributed by atoms with Gasteiger partial charge >= 0.3 is 7.60 Å². The second kappa shape index (κ2) is 4.07. The van der Waals surface area contributed by atoms with E-state index in [2.05, 4.69) is 0 Å². The van der Waals surface area contributed by atoms with Crippen LogP contribution in [0.2, 0.25) is 0 Å². The van der Waals surface area contributed by atoms with Gasteiger partial charge in [0, 0.05) is 0 Å². The predicted molar refractivity (Wildman–Crippen MR) is 50.0 cm³/mol. The van der Waals surface area contributed by atoms with Crippen LogP contribution in [-0.2, 0) is 9.30 Å². The molecular formula is C7H18NO4P. The van der Waals surface area contributed by atoms with Crippen molar-refractivity contribution in [3.8, 4) is 0 Å². The number of hydrogen-bond acceptors (Lipinski definition) is 3. The van der Waals surface area contributed by atoms with Gasteiger partial charge in [-0.15, -0.1) is 0 Å². The Balaban J connectivity index is 4.86. The van der Waals surface area contributed by atoms with E-state index < -0.39 is 19.2 Å². The number of rotatable bonds is 4. The number of hydrogen-bond donors (Lipinski definition) is 3. The van der Waals surface area contributed by atoms with Crippen LogP contribution in [0.1, 0.15) is 27.7 Å². The quantitative estimate of drug-likeness (QED) is 0.473. The average Bonchev–Trinajstić information content (AvgIpc) is 1.82. The Morgan fingerprint density at radius 3 is 1.85 bits per heavy atom. The molecule has 0 aromatic heterocycles. The minimum Gasteiger partial charge on any atom is -0.345 e. The van der Waals surface area contributed by atoms with Crippen LogP contribution in [0.3, 0.4) is 0 Å². The molecule has 0 rings (SSSR count). The molecule has 0 radical (unpaired) electrons. The van der Waals surface area contributed by atoms with Gasteiger partial charge in [0.15, 0.2) is 5.34 Å². The molecule has 4 N–H and O–H groups in total. The van der Waals surface area contributed by atoms with E-state index in [4.69, 9.17) is 20.3 Å². The topological polar surface area (TPSA) is 92.8 Å². The third kappa shape index (κ3) is 3.04. The largest absolute Gasteiger partial charge is 0.357 e. The van der Waals surface area contributed by atoms with E-state index in [-0.39, 0.29) is 5.92 Å². The fraction of sp³-hybridized carbons (Fsp3) is 1.00. The molecule has 2 unspecified atom stereocenters. The average molecular weight is 211 g/mol. The zero-order valence-corrected chi connectivity index (χ0v) is 9.28. The van der Waals surface area contributed by atoms with Crippen molar-refractivity contribution in [2.75, 3.05) is 0 Å². The zero-order chi connectivity index (χ0) is 10.9. The normalized spacial score (nSPS) is 20.0. The molecule has 6 heteroatoms. The van der Waals surface area contributed by atoms with Crippen molar-refractivity contribution >= 4 is 7.60 Å². The van der Waals surface area contributed by atoms with Crippen molar-refractivity contribution in [3.05, 3.63) is 0 Å². The van der Waals surface area contributed by atoms with E-state index in [0.29, 0.717) is 0 Å². The summed E-state index contributed by atoms with van der Waals surface area (Å²) in [6.45, 7) is 6.28. The molecule has 0 aliphatic heterocycles. The van der Waals surface area contributed by atoms with Crippen LogP contribution in [0, 0.1) is 5.92 Å². The van der Waals surface area contributed by atoms with E-state index in [0.717, 1.165) is 0 Å². The molecule has 0 fully saturated rings. The highest BCUT2D eigenvalue weighted by molar-refractivity contribution is 7.53. The second-order valence-electron chi connectivity index (χ2n) is 3.58. The summed E-state index contributed by atoms with van der Waals surface area (Å²) in [5, 5.41) is -1.50. The standard InChI is InChI=1S/C7H18NO4P/c1-5(2)7(4,12-6(3)8)13(9,10)11/h5-6H,8H2,1-4H3,(H2,9,10,11). The van der Waals surface area contributed by atoms with Gasteiger partial charge in [0.25, 0.3) is 0 Å². The first kappa shape index (κ1) is 13.1. The van der Waals surface area contributed by atoms with Gasteiger partial charge in [-0.1, -0.05) is 13.8 Å². The summed E-state index contributed by atoms with van der Waals surface area (Å²) < 4.78 is 16.2. The Hall–Kier alpha value is 0.0700. The van der Waals surface area contributed by atoms with Crippen LogP contribution < -0.4 is 5.73 Å². The van der Waals surface area contributed by atoms with Gasteiger partial charge in [0.1, 0.15) is 6.23 Å². The summed E-state index contributed by atoms with van der Waals surface area (Å²) in [5.41, 5.74) is 5.35. The molecule has 2 atom stereocenters. The predicted octanol–water partition coefficient (Wildman–Crippen LogP) is 0.858. The summed E-state index contributed by atoms with van der Waals surface area (Å²) in [7, 11) is -4.30. The van der Waals surface area contributed by atoms with Crippen molar-refractivity contribution in [2.45, 2.75) is 39.3 Å². The second-order valence-corrected chi connectivity index (χ2v) is 5.55. The van der Waals surface area contributed by atoms with Crippen LogP contribution >= 0.6 is 7.60 Å². The van der Waals surface area contributed by atoms with Crippen molar-refractivity contribution in [1.29, 1.82) is 0 Å². The maximum absolute atomic E-state index is 11.1. The first-order valence-corrected chi connectivity index (χ1v) is 5.71. The summed E-state index contributed by atoms with van der Waals surface area (Å²) in [4.78, 5) is 18.2. The minimum absolute atomic E-state index is 0.306. The number of ether oxygens (including phenoxy) is 1. The molecule has 0 saturated heterocycles. The Morgan fingerprint density at radius 2 is 1.77 bits per heavy atom. The molecular weight excluding hydrogens is 193 g/mol. The Kier molecular flexibility index (Phi) is 4.09. The van der Waals surface area contributed by atoms with E-state index in [1.807, 2.05) is 0 Å². The molecule has 0 saturated carbocycles. The lowest BCUT2D eigenvalue weighted by Gasteiger charge is -2.35. The number of nitrogens with two attached hydrogens (primary N) is 1. The summed E-state index contributed by atoms with van der Waals surface area (Å²) in [5.74, 6) is -0.306. The SMILES string of the molecule is CC(N)OC(C)(C(C)C)P(=O)(O)O. The van der Waals surface area contributed by atoms with Crippen molar-refractivity contribution < 1.29 is 19.1 Å². The molecule has 0 heterocycles. The first-order valence-electron chi connectivity index (χ1n) is 4.10. The van der Waals surface area contributed by atoms with Gasteiger partial charge in [-0.25, -0.2) is 0 Å². The molecule has 0 spiro atoms. The fourth-order valence-corrected chi connectivity index (χ4v) is 1.89. The van der Waals surface area contributed by atoms with Gasteiger partial charge < -0.3 is 20.3 Å². The molecule has 80 valence electrons.